The van der Waals surface area contributed by atoms with Gasteiger partial charge in [0.1, 0.15) is 0 Å². The Morgan fingerprint density at radius 2 is 2.10 bits per heavy atom. The van der Waals surface area contributed by atoms with E-state index < -0.39 is 0 Å². The third kappa shape index (κ3) is 4.56. The van der Waals surface area contributed by atoms with Gasteiger partial charge in [0.15, 0.2) is 0 Å². The largest absolute Gasteiger partial charge is 0.336 e. The molecule has 118 valence electrons. The highest BCUT2D eigenvalue weighted by Gasteiger charge is 2.25. The Labute approximate surface area is 139 Å². The lowest BCUT2D eigenvalue weighted by molar-refractivity contribution is 0.0642. The summed E-state index contributed by atoms with van der Waals surface area (Å²) < 4.78 is 0.394. The minimum absolute atomic E-state index is 0. The number of carbonyl (C=O) groups excluding carboxylic acids is 1. The molecule has 7 heteroatoms. The number of nitrogens with one attached hydrogen (secondary N) is 2. The zero-order valence-electron chi connectivity index (χ0n) is 12.0. The van der Waals surface area contributed by atoms with Crippen LogP contribution in [0.15, 0.2) is 21.5 Å². The van der Waals surface area contributed by atoms with Crippen LogP contribution in [0, 0.1) is 0 Å². The number of amides is 1. The Hall–Kier alpha value is -0.850. The molecule has 1 amide bonds. The molecule has 21 heavy (non-hydrogen) atoms. The number of aromatic nitrogens is 1. The molecule has 1 aromatic heterocycles. The van der Waals surface area contributed by atoms with E-state index in [0.29, 0.717) is 10.0 Å². The number of nitrogens with zero attached hydrogens (tertiary/aromatic N) is 1. The van der Waals surface area contributed by atoms with Gasteiger partial charge in [-0.25, -0.2) is 0 Å². The van der Waals surface area contributed by atoms with E-state index in [0.717, 1.165) is 38.9 Å². The third-order valence-corrected chi connectivity index (χ3v) is 4.17. The molecular weight excluding hydrogens is 358 g/mol. The van der Waals surface area contributed by atoms with Crippen LogP contribution in [0.4, 0.5) is 0 Å². The molecule has 1 aliphatic rings. The van der Waals surface area contributed by atoms with Crippen molar-refractivity contribution in [2.24, 2.45) is 0 Å². The van der Waals surface area contributed by atoms with Gasteiger partial charge in [-0.2, -0.15) is 0 Å². The Morgan fingerprint density at radius 1 is 1.43 bits per heavy atom. The van der Waals surface area contributed by atoms with Crippen molar-refractivity contribution in [1.82, 2.24) is 15.2 Å². The van der Waals surface area contributed by atoms with Crippen molar-refractivity contribution in [2.45, 2.75) is 32.2 Å². The summed E-state index contributed by atoms with van der Waals surface area (Å²) in [5.74, 6) is -0.00398. The van der Waals surface area contributed by atoms with E-state index in [4.69, 9.17) is 0 Å². The molecule has 5 nitrogen and oxygen atoms in total. The molecule has 0 spiro atoms. The first-order valence-electron chi connectivity index (χ1n) is 7.03. The van der Waals surface area contributed by atoms with Crippen molar-refractivity contribution in [1.29, 1.82) is 0 Å². The lowest BCUT2D eigenvalue weighted by atomic mass is 10.0. The van der Waals surface area contributed by atoms with Crippen LogP contribution in [-0.2, 0) is 0 Å². The number of rotatable bonds is 4. The number of piperidine rings is 1. The average Bonchev–Trinajstić information content (AvgIpc) is 2.48. The first-order chi connectivity index (χ1) is 9.63. The second-order valence-electron chi connectivity index (χ2n) is 5.05. The van der Waals surface area contributed by atoms with Gasteiger partial charge >= 0.3 is 0 Å². The van der Waals surface area contributed by atoms with Crippen molar-refractivity contribution < 1.29 is 4.79 Å². The Kier molecular flexibility index (Phi) is 7.42. The van der Waals surface area contributed by atoms with Crippen molar-refractivity contribution in [3.8, 4) is 0 Å². The van der Waals surface area contributed by atoms with E-state index in [9.17, 15) is 9.59 Å². The SMILES string of the molecule is CCCN(C(=O)c1c[nH]c(=O)c(Br)c1)C1CCNCC1.Cl. The Bertz CT molecular complexity index is 529. The number of halogens is 2. The van der Waals surface area contributed by atoms with Crippen LogP contribution in [0.2, 0.25) is 0 Å². The fraction of sp³-hybridized carbons (Fsp3) is 0.571. The van der Waals surface area contributed by atoms with Gasteiger partial charge in [-0.1, -0.05) is 6.92 Å². The summed E-state index contributed by atoms with van der Waals surface area (Å²) in [7, 11) is 0. The summed E-state index contributed by atoms with van der Waals surface area (Å²) in [5.41, 5.74) is 0.314. The first kappa shape index (κ1) is 18.2. The maximum atomic E-state index is 12.7. The average molecular weight is 379 g/mol. The first-order valence-corrected chi connectivity index (χ1v) is 7.82. The number of aromatic amines is 1. The number of carbonyl (C=O) groups is 1. The molecule has 0 aliphatic carbocycles. The highest BCUT2D eigenvalue weighted by molar-refractivity contribution is 9.10. The second kappa shape index (κ2) is 8.56. The lowest BCUT2D eigenvalue weighted by Gasteiger charge is -2.34. The van der Waals surface area contributed by atoms with Crippen molar-refractivity contribution in [2.75, 3.05) is 19.6 Å². The van der Waals surface area contributed by atoms with Crippen LogP contribution < -0.4 is 10.9 Å². The minimum atomic E-state index is -0.217. The maximum Gasteiger partial charge on any atom is 0.262 e. The van der Waals surface area contributed by atoms with E-state index in [1.54, 1.807) is 6.07 Å². The summed E-state index contributed by atoms with van der Waals surface area (Å²) in [5, 5.41) is 3.31. The molecule has 0 unspecified atom stereocenters. The normalized spacial score (nSPS) is 15.3. The van der Waals surface area contributed by atoms with Gasteiger partial charge < -0.3 is 15.2 Å². The van der Waals surface area contributed by atoms with Gasteiger partial charge in [0.2, 0.25) is 0 Å². The molecular formula is C14H21BrClN3O2. The van der Waals surface area contributed by atoms with Crippen LogP contribution in [0.3, 0.4) is 0 Å². The molecule has 1 saturated heterocycles. The molecule has 1 fully saturated rings. The van der Waals surface area contributed by atoms with Gasteiger partial charge in [0.25, 0.3) is 11.5 Å². The van der Waals surface area contributed by atoms with Crippen molar-refractivity contribution in [3.05, 3.63) is 32.7 Å². The fourth-order valence-corrected chi connectivity index (χ4v) is 2.92. The summed E-state index contributed by atoms with van der Waals surface area (Å²) in [6, 6.07) is 1.89. The lowest BCUT2D eigenvalue weighted by Crippen LogP contribution is -2.46. The standard InChI is InChI=1S/C14H20BrN3O2.ClH/c1-2-7-18(11-3-5-16-6-4-11)14(20)10-8-12(15)13(19)17-9-10;/h8-9,11,16H,2-7H2,1H3,(H,17,19);1H. The van der Waals surface area contributed by atoms with E-state index >= 15 is 0 Å². The van der Waals surface area contributed by atoms with Crippen LogP contribution in [0.25, 0.3) is 0 Å². The maximum absolute atomic E-state index is 12.7. The molecule has 2 N–H and O–H groups in total. The van der Waals surface area contributed by atoms with E-state index in [2.05, 4.69) is 33.2 Å². The Morgan fingerprint density at radius 3 is 2.67 bits per heavy atom. The molecule has 0 radical (unpaired) electrons. The second-order valence-corrected chi connectivity index (χ2v) is 5.90. The summed E-state index contributed by atoms with van der Waals surface area (Å²) in [6.07, 6.45) is 4.39. The number of pyridine rings is 1. The molecule has 2 rings (SSSR count). The zero-order valence-corrected chi connectivity index (χ0v) is 14.4. The summed E-state index contributed by atoms with van der Waals surface area (Å²) in [4.78, 5) is 28.5. The third-order valence-electron chi connectivity index (χ3n) is 3.58. The molecule has 0 atom stereocenters. The molecule has 0 aromatic carbocycles. The monoisotopic (exact) mass is 377 g/mol. The number of hydrogen-bond donors (Lipinski definition) is 2. The number of hydrogen-bond acceptors (Lipinski definition) is 3. The van der Waals surface area contributed by atoms with E-state index in [1.165, 1.54) is 6.20 Å². The van der Waals surface area contributed by atoms with E-state index in [-0.39, 0.29) is 29.9 Å². The number of H-pyrrole nitrogens is 1. The summed E-state index contributed by atoms with van der Waals surface area (Å²) in [6.45, 7) is 4.73. The van der Waals surface area contributed by atoms with Gasteiger partial charge in [-0.3, -0.25) is 9.59 Å². The van der Waals surface area contributed by atoms with E-state index in [1.807, 2.05) is 4.90 Å². The molecule has 1 aromatic rings. The fourth-order valence-electron chi connectivity index (χ4n) is 2.55. The van der Waals surface area contributed by atoms with Crippen LogP contribution >= 0.6 is 28.3 Å². The molecule has 2 heterocycles. The van der Waals surface area contributed by atoms with Crippen molar-refractivity contribution >= 4 is 34.2 Å². The zero-order chi connectivity index (χ0) is 14.5. The molecule has 0 saturated carbocycles. The smallest absolute Gasteiger partial charge is 0.262 e. The highest BCUT2D eigenvalue weighted by Crippen LogP contribution is 2.17. The predicted octanol–water partition coefficient (Wildman–Crippen LogP) is 2.16. The molecule has 1 aliphatic heterocycles. The van der Waals surface area contributed by atoms with Gasteiger partial charge in [0.05, 0.1) is 10.0 Å². The van der Waals surface area contributed by atoms with Crippen LogP contribution in [0.1, 0.15) is 36.5 Å². The van der Waals surface area contributed by atoms with Crippen LogP contribution in [-0.4, -0.2) is 41.5 Å². The van der Waals surface area contributed by atoms with Crippen molar-refractivity contribution in [3.63, 3.8) is 0 Å². The summed E-state index contributed by atoms with van der Waals surface area (Å²) >= 11 is 3.17. The molecule has 0 bridgehead atoms. The highest BCUT2D eigenvalue weighted by atomic mass is 79.9. The minimum Gasteiger partial charge on any atom is -0.336 e. The Balaban J connectivity index is 0.00000220. The van der Waals surface area contributed by atoms with Gasteiger partial charge in [-0.05, 0) is 54.3 Å². The predicted molar refractivity (Wildman–Crippen MR) is 89.2 cm³/mol. The van der Waals surface area contributed by atoms with Gasteiger partial charge in [-0.15, -0.1) is 12.4 Å². The van der Waals surface area contributed by atoms with Gasteiger partial charge in [0, 0.05) is 18.8 Å². The van der Waals surface area contributed by atoms with Crippen LogP contribution in [0.5, 0.6) is 0 Å². The topological polar surface area (TPSA) is 65.2 Å². The quantitative estimate of drug-likeness (QED) is 0.844.